The lowest BCUT2D eigenvalue weighted by atomic mass is 10.1. The number of benzene rings is 2. The number of hydrogen-bond donors (Lipinski definition) is 0. The molecule has 0 fully saturated rings. The Bertz CT molecular complexity index is 1230. The van der Waals surface area contributed by atoms with Gasteiger partial charge in [0.05, 0.1) is 16.4 Å². The molecule has 0 unspecified atom stereocenters. The Morgan fingerprint density at radius 2 is 1.63 bits per heavy atom. The van der Waals surface area contributed by atoms with Crippen LogP contribution in [0.15, 0.2) is 47.0 Å². The maximum absolute atomic E-state index is 12.9. The zero-order valence-electron chi connectivity index (χ0n) is 15.0. The normalized spacial score (nSPS) is 11.8. The number of halogens is 6. The van der Waals surface area contributed by atoms with E-state index in [9.17, 15) is 13.2 Å². The molecular weight excluding hydrogens is 464 g/mol. The van der Waals surface area contributed by atoms with Crippen LogP contribution < -0.4 is 0 Å². The van der Waals surface area contributed by atoms with Crippen LogP contribution in [0.25, 0.3) is 28.5 Å². The Balaban J connectivity index is 1.95. The van der Waals surface area contributed by atoms with Crippen LogP contribution in [0.1, 0.15) is 11.5 Å². The molecule has 0 bridgehead atoms. The van der Waals surface area contributed by atoms with Gasteiger partial charge in [0.2, 0.25) is 5.82 Å². The van der Waals surface area contributed by atoms with Gasteiger partial charge in [0, 0.05) is 21.2 Å². The molecular formula is C19H10Cl3F3N4O. The molecule has 5 nitrogen and oxygen atoms in total. The van der Waals surface area contributed by atoms with Crippen molar-refractivity contribution >= 4 is 34.8 Å². The van der Waals surface area contributed by atoms with Crippen LogP contribution in [0.2, 0.25) is 15.1 Å². The summed E-state index contributed by atoms with van der Waals surface area (Å²) in [5, 5.41) is 9.14. The largest absolute Gasteiger partial charge is 0.471 e. The van der Waals surface area contributed by atoms with Crippen LogP contribution in [0.4, 0.5) is 13.2 Å². The quantitative estimate of drug-likeness (QED) is 0.325. The van der Waals surface area contributed by atoms with Crippen molar-refractivity contribution in [1.82, 2.24) is 19.9 Å². The lowest BCUT2D eigenvalue weighted by molar-refractivity contribution is -0.159. The van der Waals surface area contributed by atoms with E-state index in [-0.39, 0.29) is 11.5 Å². The molecule has 0 saturated carbocycles. The van der Waals surface area contributed by atoms with E-state index in [1.807, 2.05) is 0 Å². The summed E-state index contributed by atoms with van der Waals surface area (Å²) in [6.45, 7) is 1.69. The zero-order chi connectivity index (χ0) is 21.6. The van der Waals surface area contributed by atoms with Crippen molar-refractivity contribution in [1.29, 1.82) is 0 Å². The Kier molecular flexibility index (Phi) is 5.25. The number of aromatic nitrogens is 4. The standard InChI is InChI=1S/C19H10Cl3F3N4O/c1-9-15(17-26-18(30-28-17)19(23,24)25)27-29(14-7-6-12(21)8-13(14)22)16(9)10-2-4-11(20)5-3-10/h2-8H,1H3. The van der Waals surface area contributed by atoms with Crippen molar-refractivity contribution in [3.63, 3.8) is 0 Å². The fraction of sp³-hybridized carbons (Fsp3) is 0.105. The van der Waals surface area contributed by atoms with Crippen molar-refractivity contribution in [2.24, 2.45) is 0 Å². The minimum Gasteiger partial charge on any atom is -0.329 e. The predicted molar refractivity (Wildman–Crippen MR) is 107 cm³/mol. The van der Waals surface area contributed by atoms with Gasteiger partial charge in [-0.25, -0.2) is 4.68 Å². The number of rotatable bonds is 3. The topological polar surface area (TPSA) is 56.7 Å². The predicted octanol–water partition coefficient (Wildman–Crippen LogP) is 6.88. The Labute approximate surface area is 183 Å². The average molecular weight is 474 g/mol. The van der Waals surface area contributed by atoms with Gasteiger partial charge in [-0.15, -0.1) is 0 Å². The second kappa shape index (κ2) is 7.61. The number of alkyl halides is 3. The lowest BCUT2D eigenvalue weighted by Crippen LogP contribution is -2.05. The number of hydrogen-bond acceptors (Lipinski definition) is 4. The fourth-order valence-corrected chi connectivity index (χ4v) is 3.53. The summed E-state index contributed by atoms with van der Waals surface area (Å²) < 4.78 is 44.5. The van der Waals surface area contributed by atoms with E-state index >= 15 is 0 Å². The smallest absolute Gasteiger partial charge is 0.329 e. The molecule has 0 N–H and O–H groups in total. The monoisotopic (exact) mass is 472 g/mol. The van der Waals surface area contributed by atoms with Crippen LogP contribution in [0.3, 0.4) is 0 Å². The summed E-state index contributed by atoms with van der Waals surface area (Å²) in [5.41, 5.74) is 2.40. The third-order valence-corrected chi connectivity index (χ3v) is 5.05. The van der Waals surface area contributed by atoms with Crippen LogP contribution in [-0.4, -0.2) is 19.9 Å². The van der Waals surface area contributed by atoms with Crippen molar-refractivity contribution in [2.45, 2.75) is 13.1 Å². The second-order valence-electron chi connectivity index (χ2n) is 6.26. The van der Waals surface area contributed by atoms with E-state index in [1.54, 1.807) is 43.3 Å². The molecule has 0 aliphatic carbocycles. The van der Waals surface area contributed by atoms with Gasteiger partial charge in [0.15, 0.2) is 0 Å². The van der Waals surface area contributed by atoms with Gasteiger partial charge < -0.3 is 4.52 Å². The molecule has 154 valence electrons. The summed E-state index contributed by atoms with van der Waals surface area (Å²) in [7, 11) is 0. The van der Waals surface area contributed by atoms with E-state index in [2.05, 4.69) is 19.8 Å². The molecule has 2 aromatic carbocycles. The van der Waals surface area contributed by atoms with Crippen LogP contribution in [0.5, 0.6) is 0 Å². The van der Waals surface area contributed by atoms with Crippen molar-refractivity contribution < 1.29 is 17.7 Å². The van der Waals surface area contributed by atoms with Crippen molar-refractivity contribution in [3.05, 3.63) is 69.0 Å². The molecule has 2 heterocycles. The molecule has 0 saturated heterocycles. The first-order valence-corrected chi connectivity index (χ1v) is 9.51. The Hall–Kier alpha value is -2.55. The Morgan fingerprint density at radius 3 is 2.23 bits per heavy atom. The molecule has 11 heteroatoms. The SMILES string of the molecule is Cc1c(-c2noc(C(F)(F)F)n2)nn(-c2ccc(Cl)cc2Cl)c1-c1ccc(Cl)cc1. The van der Waals surface area contributed by atoms with Gasteiger partial charge in [0.25, 0.3) is 0 Å². The maximum Gasteiger partial charge on any atom is 0.471 e. The summed E-state index contributed by atoms with van der Waals surface area (Å²) in [6, 6.07) is 11.7. The molecule has 30 heavy (non-hydrogen) atoms. The highest BCUT2D eigenvalue weighted by molar-refractivity contribution is 6.35. The van der Waals surface area contributed by atoms with Crippen LogP contribution in [-0.2, 0) is 6.18 Å². The highest BCUT2D eigenvalue weighted by Gasteiger charge is 2.39. The van der Waals surface area contributed by atoms with E-state index in [4.69, 9.17) is 34.8 Å². The van der Waals surface area contributed by atoms with E-state index in [0.717, 1.165) is 0 Å². The molecule has 0 spiro atoms. The highest BCUT2D eigenvalue weighted by Crippen LogP contribution is 2.36. The first-order chi connectivity index (χ1) is 14.1. The van der Waals surface area contributed by atoms with Gasteiger partial charge in [-0.3, -0.25) is 0 Å². The lowest BCUT2D eigenvalue weighted by Gasteiger charge is -2.11. The van der Waals surface area contributed by atoms with Gasteiger partial charge in [-0.05, 0) is 37.3 Å². The minimum atomic E-state index is -4.76. The van der Waals surface area contributed by atoms with Crippen molar-refractivity contribution in [2.75, 3.05) is 0 Å². The first kappa shape index (κ1) is 20.7. The van der Waals surface area contributed by atoms with Gasteiger partial charge >= 0.3 is 12.1 Å². The van der Waals surface area contributed by atoms with E-state index in [1.165, 1.54) is 10.7 Å². The van der Waals surface area contributed by atoms with Crippen LogP contribution >= 0.6 is 34.8 Å². The number of nitrogens with zero attached hydrogens (tertiary/aromatic N) is 4. The van der Waals surface area contributed by atoms with E-state index < -0.39 is 12.1 Å². The third kappa shape index (κ3) is 3.78. The zero-order valence-corrected chi connectivity index (χ0v) is 17.3. The summed E-state index contributed by atoms with van der Waals surface area (Å²) in [6.07, 6.45) is -4.76. The first-order valence-electron chi connectivity index (χ1n) is 8.37. The second-order valence-corrected chi connectivity index (χ2v) is 7.54. The van der Waals surface area contributed by atoms with Gasteiger partial charge in [0.1, 0.15) is 5.69 Å². The molecule has 4 rings (SSSR count). The molecule has 0 aliphatic heterocycles. The molecule has 0 aliphatic rings. The minimum absolute atomic E-state index is 0.116. The highest BCUT2D eigenvalue weighted by atomic mass is 35.5. The third-order valence-electron chi connectivity index (χ3n) is 4.26. The van der Waals surface area contributed by atoms with Crippen LogP contribution in [0, 0.1) is 6.92 Å². The van der Waals surface area contributed by atoms with E-state index in [0.29, 0.717) is 37.6 Å². The van der Waals surface area contributed by atoms with Gasteiger partial charge in [-0.1, -0.05) is 52.1 Å². The molecule has 0 radical (unpaired) electrons. The molecule has 0 amide bonds. The maximum atomic E-state index is 12.9. The molecule has 0 atom stereocenters. The fourth-order valence-electron chi connectivity index (χ4n) is 2.92. The summed E-state index contributed by atoms with van der Waals surface area (Å²) >= 11 is 18.3. The summed E-state index contributed by atoms with van der Waals surface area (Å²) in [5.74, 6) is -1.75. The molecule has 2 aromatic heterocycles. The Morgan fingerprint density at radius 1 is 0.967 bits per heavy atom. The van der Waals surface area contributed by atoms with Gasteiger partial charge in [-0.2, -0.15) is 23.3 Å². The molecule has 4 aromatic rings. The van der Waals surface area contributed by atoms with Crippen molar-refractivity contribution in [3.8, 4) is 28.5 Å². The summed E-state index contributed by atoms with van der Waals surface area (Å²) in [4.78, 5) is 3.45. The average Bonchev–Trinajstić information content (AvgIpc) is 3.28.